The molecule has 0 spiro atoms. The summed E-state index contributed by atoms with van der Waals surface area (Å²) in [7, 11) is 0. The molecule has 0 fully saturated rings. The monoisotopic (exact) mass is 550 g/mol. The second-order valence-electron chi connectivity index (χ2n) is 7.94. The van der Waals surface area contributed by atoms with E-state index in [2.05, 4.69) is 5.32 Å². The summed E-state index contributed by atoms with van der Waals surface area (Å²) in [5.41, 5.74) is -6.36. The van der Waals surface area contributed by atoms with E-state index < -0.39 is 110 Å². The number of amides is 1. The summed E-state index contributed by atoms with van der Waals surface area (Å²) in [6.07, 6.45) is -21.3. The molecular weight excluding hydrogens is 519 g/mol. The first kappa shape index (κ1) is 19.2. The largest absolute Gasteiger partial charge is 0.449 e. The zero-order chi connectivity index (χ0) is 34.6. The Kier molecular flexibility index (Phi) is 5.40. The summed E-state index contributed by atoms with van der Waals surface area (Å²) in [6.45, 7) is -8.49. The van der Waals surface area contributed by atoms with Gasteiger partial charge in [0.25, 0.3) is 0 Å². The molecule has 0 radical (unpaired) electrons. The standard InChI is InChI=1S/C24H23F9N2O2/c1-3-17-11-19(34-12-13-7-15(23(28,29)30)9-16(8-13)24(31,32)33)18-10-14(22(25,26)27)5-6-20(18)35(17)21(36)37-4-2/h5-10,17,19,34H,3-4,11-12H2,1-2H3/t17-,19-/m0/s1/i1D3,2D3,3D2. The summed E-state index contributed by atoms with van der Waals surface area (Å²) in [4.78, 5) is 13.4. The molecule has 0 saturated carbocycles. The van der Waals surface area contributed by atoms with Crippen molar-refractivity contribution in [3.05, 3.63) is 64.2 Å². The minimum Gasteiger partial charge on any atom is -0.449 e. The molecule has 0 aromatic heterocycles. The maximum atomic E-state index is 13.6. The van der Waals surface area contributed by atoms with Gasteiger partial charge in [-0.25, -0.2) is 4.79 Å². The molecule has 2 aromatic carbocycles. The summed E-state index contributed by atoms with van der Waals surface area (Å²) in [6, 6.07) is -1.52. The number of carbonyl (C=O) groups is 1. The van der Waals surface area contributed by atoms with Crippen molar-refractivity contribution < 1.29 is 60.0 Å². The topological polar surface area (TPSA) is 41.6 Å². The van der Waals surface area contributed by atoms with Gasteiger partial charge >= 0.3 is 24.6 Å². The summed E-state index contributed by atoms with van der Waals surface area (Å²) in [5, 5.41) is 2.48. The Balaban J connectivity index is 2.17. The molecule has 1 N–H and O–H groups in total. The third-order valence-electron chi connectivity index (χ3n) is 5.52. The van der Waals surface area contributed by atoms with Crippen LogP contribution < -0.4 is 10.2 Å². The lowest BCUT2D eigenvalue weighted by Gasteiger charge is -2.40. The first-order valence-electron chi connectivity index (χ1n) is 14.3. The van der Waals surface area contributed by atoms with Crippen LogP contribution >= 0.6 is 0 Å². The van der Waals surface area contributed by atoms with Gasteiger partial charge in [-0.05, 0) is 67.2 Å². The van der Waals surface area contributed by atoms with Crippen molar-refractivity contribution in [2.75, 3.05) is 11.5 Å². The predicted molar refractivity (Wildman–Crippen MR) is 116 cm³/mol. The first-order chi connectivity index (χ1) is 20.1. The average Bonchev–Trinajstić information content (AvgIpc) is 2.86. The molecule has 0 aliphatic carbocycles. The van der Waals surface area contributed by atoms with Gasteiger partial charge in [-0.1, -0.05) is 6.85 Å². The fraction of sp³-hybridized carbons (Fsp3) is 0.458. The summed E-state index contributed by atoms with van der Waals surface area (Å²) >= 11 is 0. The van der Waals surface area contributed by atoms with Gasteiger partial charge in [0.05, 0.1) is 29.0 Å². The number of anilines is 1. The van der Waals surface area contributed by atoms with Gasteiger partial charge in [0, 0.05) is 29.6 Å². The first-order valence-corrected chi connectivity index (χ1v) is 10.3. The second-order valence-corrected chi connectivity index (χ2v) is 7.94. The predicted octanol–water partition coefficient (Wildman–Crippen LogP) is 7.72. The Labute approximate surface area is 217 Å². The SMILES string of the molecule is [2H]C([2H])([2H])COC(=O)N1c2ccc(C(F)(F)F)cc2[C@@H](NCc2cc(C(F)(F)F)cc(C(F)(F)F)c2)C[C@@H]1C([2H])([2H])C([2H])([2H])[2H]. The highest BCUT2D eigenvalue weighted by Crippen LogP contribution is 2.42. The molecule has 0 bridgehead atoms. The number of fused-ring (bicyclic) bond motifs is 1. The number of benzene rings is 2. The lowest BCUT2D eigenvalue weighted by Crippen LogP contribution is -2.47. The highest BCUT2D eigenvalue weighted by molar-refractivity contribution is 5.90. The van der Waals surface area contributed by atoms with E-state index in [1.54, 1.807) is 0 Å². The van der Waals surface area contributed by atoms with Crippen molar-refractivity contribution in [2.45, 2.75) is 63.7 Å². The Morgan fingerprint density at radius 2 is 1.59 bits per heavy atom. The third kappa shape index (κ3) is 6.49. The van der Waals surface area contributed by atoms with E-state index in [1.807, 2.05) is 0 Å². The molecule has 0 saturated heterocycles. The van der Waals surface area contributed by atoms with E-state index in [0.717, 1.165) is 0 Å². The van der Waals surface area contributed by atoms with Crippen molar-refractivity contribution in [3.8, 4) is 0 Å². The zero-order valence-corrected chi connectivity index (χ0v) is 18.4. The van der Waals surface area contributed by atoms with Crippen molar-refractivity contribution in [2.24, 2.45) is 0 Å². The highest BCUT2D eigenvalue weighted by Gasteiger charge is 2.40. The van der Waals surface area contributed by atoms with Gasteiger partial charge in [0.1, 0.15) is 0 Å². The molecule has 204 valence electrons. The van der Waals surface area contributed by atoms with Crippen molar-refractivity contribution in [3.63, 3.8) is 0 Å². The number of nitrogens with zero attached hydrogens (tertiary/aromatic N) is 1. The van der Waals surface area contributed by atoms with E-state index in [1.165, 1.54) is 0 Å². The van der Waals surface area contributed by atoms with Gasteiger partial charge in [0.2, 0.25) is 0 Å². The van der Waals surface area contributed by atoms with Gasteiger partial charge in [-0.15, -0.1) is 0 Å². The molecule has 1 amide bonds. The maximum absolute atomic E-state index is 13.6. The molecule has 1 aliphatic rings. The van der Waals surface area contributed by atoms with Crippen LogP contribution in [-0.2, 0) is 29.8 Å². The molecule has 2 aromatic rings. The molecule has 4 nitrogen and oxygen atoms in total. The van der Waals surface area contributed by atoms with Crippen LogP contribution in [0.1, 0.15) is 71.3 Å². The molecule has 1 heterocycles. The van der Waals surface area contributed by atoms with Crippen LogP contribution in [0.5, 0.6) is 0 Å². The minimum atomic E-state index is -5.22. The zero-order valence-electron chi connectivity index (χ0n) is 26.4. The van der Waals surface area contributed by atoms with Crippen LogP contribution in [0.3, 0.4) is 0 Å². The van der Waals surface area contributed by atoms with Crippen LogP contribution in [-0.4, -0.2) is 18.7 Å². The van der Waals surface area contributed by atoms with Crippen molar-refractivity contribution >= 4 is 11.8 Å². The van der Waals surface area contributed by atoms with Crippen LogP contribution in [0.4, 0.5) is 50.0 Å². The quantitative estimate of drug-likeness (QED) is 0.388. The Hall–Kier alpha value is -2.96. The lowest BCUT2D eigenvalue weighted by molar-refractivity contribution is -0.143. The van der Waals surface area contributed by atoms with Crippen LogP contribution in [0.2, 0.25) is 0 Å². The Morgan fingerprint density at radius 3 is 2.14 bits per heavy atom. The smallest absolute Gasteiger partial charge is 0.416 e. The Morgan fingerprint density at radius 1 is 0.973 bits per heavy atom. The number of rotatable bonds is 5. The maximum Gasteiger partial charge on any atom is 0.416 e. The fourth-order valence-electron chi connectivity index (χ4n) is 3.89. The van der Waals surface area contributed by atoms with Gasteiger partial charge in [-0.3, -0.25) is 4.90 Å². The van der Waals surface area contributed by atoms with Crippen molar-refractivity contribution in [1.29, 1.82) is 0 Å². The van der Waals surface area contributed by atoms with Gasteiger partial charge < -0.3 is 10.1 Å². The highest BCUT2D eigenvalue weighted by atomic mass is 19.4. The second kappa shape index (κ2) is 10.4. The number of carbonyl (C=O) groups excluding carboxylic acids is 1. The fourth-order valence-corrected chi connectivity index (χ4v) is 3.89. The molecule has 1 aliphatic heterocycles. The number of nitrogens with one attached hydrogen (secondary N) is 1. The summed E-state index contributed by atoms with van der Waals surface area (Å²) < 4.78 is 187. The molecule has 2 atom stereocenters. The average molecular weight is 550 g/mol. The molecular formula is C24H23F9N2O2. The molecule has 3 rings (SSSR count). The van der Waals surface area contributed by atoms with E-state index >= 15 is 0 Å². The van der Waals surface area contributed by atoms with Crippen molar-refractivity contribution in [1.82, 2.24) is 5.32 Å². The number of ether oxygens (including phenoxy) is 1. The van der Waals surface area contributed by atoms with Gasteiger partial charge in [0.15, 0.2) is 0 Å². The van der Waals surface area contributed by atoms with Crippen LogP contribution in [0, 0.1) is 0 Å². The number of hydrogen-bond donors (Lipinski definition) is 1. The van der Waals surface area contributed by atoms with Crippen LogP contribution in [0.15, 0.2) is 36.4 Å². The minimum absolute atomic E-state index is 0.140. The van der Waals surface area contributed by atoms with Gasteiger partial charge in [-0.2, -0.15) is 39.5 Å². The van der Waals surface area contributed by atoms with E-state index in [9.17, 15) is 44.3 Å². The van der Waals surface area contributed by atoms with E-state index in [0.29, 0.717) is 35.2 Å². The van der Waals surface area contributed by atoms with E-state index in [4.69, 9.17) is 15.7 Å². The van der Waals surface area contributed by atoms with Crippen LogP contribution in [0.25, 0.3) is 0 Å². The normalized spacial score (nSPS) is 22.8. The lowest BCUT2D eigenvalue weighted by atomic mass is 9.88. The Bertz CT molecular complexity index is 1380. The molecule has 0 unspecified atom stereocenters. The summed E-state index contributed by atoms with van der Waals surface area (Å²) in [5.74, 6) is 0. The molecule has 37 heavy (non-hydrogen) atoms. The number of hydrogen-bond acceptors (Lipinski definition) is 3. The number of alkyl halides is 9. The number of halogens is 9. The van der Waals surface area contributed by atoms with E-state index in [-0.39, 0.29) is 6.07 Å². The third-order valence-corrected chi connectivity index (χ3v) is 5.52. The molecule has 13 heteroatoms.